The van der Waals surface area contributed by atoms with Gasteiger partial charge in [0.15, 0.2) is 12.4 Å². The molecule has 0 bridgehead atoms. The number of carbonyl (C=O) groups excluding carboxylic acids is 1. The Morgan fingerprint density at radius 1 is 1.12 bits per heavy atom. The summed E-state index contributed by atoms with van der Waals surface area (Å²) >= 11 is 0. The first-order chi connectivity index (χ1) is 12.1. The van der Waals surface area contributed by atoms with Crippen LogP contribution in [0.3, 0.4) is 0 Å². The van der Waals surface area contributed by atoms with Crippen molar-refractivity contribution in [2.75, 3.05) is 5.32 Å². The van der Waals surface area contributed by atoms with Crippen LogP contribution in [0, 0.1) is 0 Å². The number of hydrogen-bond donors (Lipinski definition) is 1. The lowest BCUT2D eigenvalue weighted by Gasteiger charge is -2.09. The number of amides is 1. The summed E-state index contributed by atoms with van der Waals surface area (Å²) in [6, 6.07) is 13.1. The highest BCUT2D eigenvalue weighted by atomic mass is 16.5. The molecule has 6 heteroatoms. The second kappa shape index (κ2) is 7.61. The fourth-order valence-electron chi connectivity index (χ4n) is 2.27. The third-order valence-electron chi connectivity index (χ3n) is 3.72. The number of anilines is 1. The van der Waals surface area contributed by atoms with Gasteiger partial charge < -0.3 is 10.1 Å². The first-order valence-corrected chi connectivity index (χ1v) is 8.09. The van der Waals surface area contributed by atoms with Gasteiger partial charge in [-0.2, -0.15) is 5.10 Å². The zero-order valence-corrected chi connectivity index (χ0v) is 14.2. The number of benzene rings is 1. The molecule has 0 atom stereocenters. The topological polar surface area (TPSA) is 69.0 Å². The van der Waals surface area contributed by atoms with Gasteiger partial charge in [-0.1, -0.05) is 26.0 Å². The van der Waals surface area contributed by atoms with Crippen molar-refractivity contribution < 1.29 is 9.53 Å². The molecular weight excluding hydrogens is 316 g/mol. The molecule has 3 aromatic rings. The van der Waals surface area contributed by atoms with Crippen LogP contribution in [0.4, 0.5) is 5.69 Å². The van der Waals surface area contributed by atoms with Gasteiger partial charge in [-0.25, -0.2) is 4.68 Å². The number of ether oxygens (including phenoxy) is 1. The quantitative estimate of drug-likeness (QED) is 0.745. The smallest absolute Gasteiger partial charge is 0.276 e. The first-order valence-electron chi connectivity index (χ1n) is 8.09. The summed E-state index contributed by atoms with van der Waals surface area (Å²) in [5.74, 6) is 0.982. The zero-order chi connectivity index (χ0) is 17.6. The summed E-state index contributed by atoms with van der Waals surface area (Å²) in [7, 11) is 0. The Morgan fingerprint density at radius 2 is 1.84 bits per heavy atom. The Kier molecular flexibility index (Phi) is 5.09. The Morgan fingerprint density at radius 3 is 2.52 bits per heavy atom. The highest BCUT2D eigenvalue weighted by molar-refractivity contribution is 6.02. The zero-order valence-electron chi connectivity index (χ0n) is 14.2. The normalized spacial score (nSPS) is 10.7. The molecule has 25 heavy (non-hydrogen) atoms. The number of pyridine rings is 1. The van der Waals surface area contributed by atoms with E-state index in [4.69, 9.17) is 4.74 Å². The molecule has 1 aromatic carbocycles. The van der Waals surface area contributed by atoms with E-state index >= 15 is 0 Å². The molecule has 0 unspecified atom stereocenters. The summed E-state index contributed by atoms with van der Waals surface area (Å²) < 4.78 is 7.28. The minimum Gasteiger partial charge on any atom is -0.471 e. The minimum atomic E-state index is -0.272. The molecule has 2 aromatic heterocycles. The molecule has 0 radical (unpaired) electrons. The standard InChI is InChI=1S/C19H20N4O2/c1-14(2)15-3-5-17(6-4-15)25-13-23-12-9-18(22-23)19(24)21-16-7-10-20-11-8-16/h3-12,14H,13H2,1-2H3,(H,20,21,24). The van der Waals surface area contributed by atoms with Crippen LogP contribution in [-0.2, 0) is 6.73 Å². The van der Waals surface area contributed by atoms with E-state index in [2.05, 4.69) is 41.4 Å². The van der Waals surface area contributed by atoms with Gasteiger partial charge in [0, 0.05) is 24.3 Å². The predicted molar refractivity (Wildman–Crippen MR) is 95.6 cm³/mol. The molecule has 0 aliphatic rings. The summed E-state index contributed by atoms with van der Waals surface area (Å²) in [5, 5.41) is 7.00. The Bertz CT molecular complexity index is 826. The lowest BCUT2D eigenvalue weighted by Crippen LogP contribution is -2.14. The summed E-state index contributed by atoms with van der Waals surface area (Å²) in [5.41, 5.74) is 2.27. The van der Waals surface area contributed by atoms with E-state index in [1.165, 1.54) is 5.56 Å². The number of nitrogens with zero attached hydrogens (tertiary/aromatic N) is 3. The highest BCUT2D eigenvalue weighted by Gasteiger charge is 2.10. The Balaban J connectivity index is 1.57. The summed E-state index contributed by atoms with van der Waals surface area (Å²) in [6.07, 6.45) is 4.95. The van der Waals surface area contributed by atoms with Crippen molar-refractivity contribution in [1.82, 2.24) is 14.8 Å². The molecule has 6 nitrogen and oxygen atoms in total. The van der Waals surface area contributed by atoms with E-state index in [9.17, 15) is 4.79 Å². The lowest BCUT2D eigenvalue weighted by atomic mass is 10.0. The average Bonchev–Trinajstić information content (AvgIpc) is 3.10. The van der Waals surface area contributed by atoms with Crippen LogP contribution in [-0.4, -0.2) is 20.7 Å². The van der Waals surface area contributed by atoms with Crippen molar-refractivity contribution in [1.29, 1.82) is 0 Å². The maximum Gasteiger partial charge on any atom is 0.276 e. The van der Waals surface area contributed by atoms with Crippen molar-refractivity contribution >= 4 is 11.6 Å². The Hall–Kier alpha value is -3.15. The molecule has 3 rings (SSSR count). The minimum absolute atomic E-state index is 0.240. The maximum absolute atomic E-state index is 12.2. The van der Waals surface area contributed by atoms with Crippen LogP contribution in [0.1, 0.15) is 35.8 Å². The molecule has 0 spiro atoms. The molecule has 128 valence electrons. The molecule has 2 heterocycles. The molecule has 0 saturated carbocycles. The molecule has 0 saturated heterocycles. The van der Waals surface area contributed by atoms with E-state index in [0.29, 0.717) is 17.3 Å². The molecule has 0 aliphatic heterocycles. The molecular formula is C19H20N4O2. The van der Waals surface area contributed by atoms with Crippen LogP contribution in [0.2, 0.25) is 0 Å². The fraction of sp³-hybridized carbons (Fsp3) is 0.211. The second-order valence-electron chi connectivity index (χ2n) is 5.93. The summed E-state index contributed by atoms with van der Waals surface area (Å²) in [4.78, 5) is 16.1. The van der Waals surface area contributed by atoms with E-state index in [1.54, 1.807) is 41.5 Å². The number of carbonyl (C=O) groups is 1. The van der Waals surface area contributed by atoms with Crippen molar-refractivity contribution in [3.8, 4) is 5.75 Å². The first kappa shape index (κ1) is 16.7. The van der Waals surface area contributed by atoms with Gasteiger partial charge >= 0.3 is 0 Å². The third kappa shape index (κ3) is 4.44. The van der Waals surface area contributed by atoms with Crippen LogP contribution in [0.25, 0.3) is 0 Å². The van der Waals surface area contributed by atoms with E-state index in [1.807, 2.05) is 12.1 Å². The highest BCUT2D eigenvalue weighted by Crippen LogP contribution is 2.18. The van der Waals surface area contributed by atoms with Crippen molar-refractivity contribution in [2.24, 2.45) is 0 Å². The number of rotatable bonds is 6. The van der Waals surface area contributed by atoms with Gasteiger partial charge in [0.1, 0.15) is 5.75 Å². The van der Waals surface area contributed by atoms with Crippen molar-refractivity contribution in [3.05, 3.63) is 72.3 Å². The maximum atomic E-state index is 12.2. The van der Waals surface area contributed by atoms with Gasteiger partial charge in [-0.15, -0.1) is 0 Å². The van der Waals surface area contributed by atoms with E-state index in [-0.39, 0.29) is 12.6 Å². The summed E-state index contributed by atoms with van der Waals surface area (Å²) in [6.45, 7) is 4.54. The SMILES string of the molecule is CC(C)c1ccc(OCn2ccc(C(=O)Nc3ccncc3)n2)cc1. The van der Waals surface area contributed by atoms with Crippen LogP contribution in [0.15, 0.2) is 61.1 Å². The monoisotopic (exact) mass is 336 g/mol. The van der Waals surface area contributed by atoms with Crippen LogP contribution < -0.4 is 10.1 Å². The lowest BCUT2D eigenvalue weighted by molar-refractivity contribution is 0.102. The van der Waals surface area contributed by atoms with Crippen molar-refractivity contribution in [3.63, 3.8) is 0 Å². The Labute approximate surface area is 146 Å². The van der Waals surface area contributed by atoms with Gasteiger partial charge in [0.2, 0.25) is 0 Å². The molecule has 1 amide bonds. The van der Waals surface area contributed by atoms with Gasteiger partial charge in [0.05, 0.1) is 0 Å². The van der Waals surface area contributed by atoms with Gasteiger partial charge in [-0.3, -0.25) is 9.78 Å². The molecule has 1 N–H and O–H groups in total. The predicted octanol–water partition coefficient (Wildman–Crippen LogP) is 3.69. The van der Waals surface area contributed by atoms with Crippen LogP contribution in [0.5, 0.6) is 5.75 Å². The second-order valence-corrected chi connectivity index (χ2v) is 5.93. The van der Waals surface area contributed by atoms with E-state index in [0.717, 1.165) is 5.75 Å². The number of aromatic nitrogens is 3. The van der Waals surface area contributed by atoms with Crippen molar-refractivity contribution in [2.45, 2.75) is 26.5 Å². The number of hydrogen-bond acceptors (Lipinski definition) is 4. The molecule has 0 aliphatic carbocycles. The van der Waals surface area contributed by atoms with Gasteiger partial charge in [0.25, 0.3) is 5.91 Å². The third-order valence-corrected chi connectivity index (χ3v) is 3.72. The van der Waals surface area contributed by atoms with E-state index < -0.39 is 0 Å². The fourth-order valence-corrected chi connectivity index (χ4v) is 2.27. The largest absolute Gasteiger partial charge is 0.471 e. The number of nitrogens with one attached hydrogen (secondary N) is 1. The van der Waals surface area contributed by atoms with Gasteiger partial charge in [-0.05, 0) is 41.8 Å². The van der Waals surface area contributed by atoms with Crippen LogP contribution >= 0.6 is 0 Å². The molecule has 0 fully saturated rings. The average molecular weight is 336 g/mol.